The minimum Gasteiger partial charge on any atom is -0.467 e. The molecule has 2 aliphatic rings. The minimum atomic E-state index is 0.121. The molecule has 7 heteroatoms. The summed E-state index contributed by atoms with van der Waals surface area (Å²) in [6.07, 6.45) is 6.01. The zero-order chi connectivity index (χ0) is 19.8. The van der Waals surface area contributed by atoms with E-state index in [0.29, 0.717) is 18.2 Å². The maximum Gasteiger partial charge on any atom is 0.237 e. The molecule has 3 heterocycles. The van der Waals surface area contributed by atoms with E-state index in [1.807, 2.05) is 29.2 Å². The molecule has 1 unspecified atom stereocenters. The van der Waals surface area contributed by atoms with Crippen LogP contribution in [0.25, 0.3) is 0 Å². The summed E-state index contributed by atoms with van der Waals surface area (Å²) in [6, 6.07) is 12.3. The summed E-state index contributed by atoms with van der Waals surface area (Å²) in [7, 11) is 0. The van der Waals surface area contributed by atoms with Gasteiger partial charge in [-0.1, -0.05) is 30.0 Å². The molecule has 0 saturated heterocycles. The maximum absolute atomic E-state index is 13.2. The number of nitrogens with zero attached hydrogens (tertiary/aromatic N) is 4. The SMILES string of the molecule is CC1CCc2ccccc2N1C(=O)CSc1nnc(C2CC2)n1Cc1ccco1. The molecule has 1 aliphatic carbocycles. The van der Waals surface area contributed by atoms with Crippen LogP contribution in [0, 0.1) is 0 Å². The Labute approximate surface area is 174 Å². The fourth-order valence-electron chi connectivity index (χ4n) is 4.02. The van der Waals surface area contributed by atoms with E-state index in [1.165, 1.54) is 17.3 Å². The average Bonchev–Trinajstić information content (AvgIpc) is 3.29. The molecule has 150 valence electrons. The Morgan fingerprint density at radius 2 is 2.03 bits per heavy atom. The van der Waals surface area contributed by atoms with Gasteiger partial charge in [-0.15, -0.1) is 10.2 Å². The van der Waals surface area contributed by atoms with Crippen molar-refractivity contribution in [2.75, 3.05) is 10.7 Å². The number of hydrogen-bond donors (Lipinski definition) is 0. The fourth-order valence-corrected chi connectivity index (χ4v) is 4.83. The van der Waals surface area contributed by atoms with Crippen molar-refractivity contribution < 1.29 is 9.21 Å². The van der Waals surface area contributed by atoms with Gasteiger partial charge in [0.1, 0.15) is 11.6 Å². The summed E-state index contributed by atoms with van der Waals surface area (Å²) in [5.74, 6) is 2.83. The molecule has 29 heavy (non-hydrogen) atoms. The third-order valence-corrected chi connectivity index (χ3v) is 6.65. The average molecular weight is 409 g/mol. The van der Waals surface area contributed by atoms with Crippen LogP contribution in [-0.4, -0.2) is 32.5 Å². The van der Waals surface area contributed by atoms with Gasteiger partial charge in [-0.05, 0) is 56.4 Å². The number of amides is 1. The number of carbonyl (C=O) groups excluding carboxylic acids is 1. The van der Waals surface area contributed by atoms with Gasteiger partial charge in [0.05, 0.1) is 18.6 Å². The van der Waals surface area contributed by atoms with E-state index in [1.54, 1.807) is 6.26 Å². The van der Waals surface area contributed by atoms with E-state index < -0.39 is 0 Å². The highest BCUT2D eigenvalue weighted by Gasteiger charge is 2.32. The van der Waals surface area contributed by atoms with Crippen LogP contribution in [0.5, 0.6) is 0 Å². The molecule has 6 nitrogen and oxygen atoms in total. The molecule has 3 aromatic rings. The molecular weight excluding hydrogens is 384 g/mol. The lowest BCUT2D eigenvalue weighted by Crippen LogP contribution is -2.43. The van der Waals surface area contributed by atoms with Crippen LogP contribution in [0.4, 0.5) is 5.69 Å². The van der Waals surface area contributed by atoms with Gasteiger partial charge in [0, 0.05) is 17.6 Å². The molecule has 1 fully saturated rings. The second kappa shape index (κ2) is 7.71. The van der Waals surface area contributed by atoms with E-state index in [4.69, 9.17) is 4.42 Å². The lowest BCUT2D eigenvalue weighted by molar-refractivity contribution is -0.116. The highest BCUT2D eigenvalue weighted by molar-refractivity contribution is 7.99. The van der Waals surface area contributed by atoms with Crippen LogP contribution in [-0.2, 0) is 17.8 Å². The van der Waals surface area contributed by atoms with Gasteiger partial charge in [0.15, 0.2) is 5.16 Å². The molecule has 1 saturated carbocycles. The van der Waals surface area contributed by atoms with Crippen LogP contribution < -0.4 is 4.90 Å². The number of hydrogen-bond acceptors (Lipinski definition) is 5. The molecule has 1 amide bonds. The van der Waals surface area contributed by atoms with Crippen molar-refractivity contribution in [1.29, 1.82) is 0 Å². The fraction of sp³-hybridized carbons (Fsp3) is 0.409. The number of anilines is 1. The molecule has 0 bridgehead atoms. The highest BCUT2D eigenvalue weighted by atomic mass is 32.2. The van der Waals surface area contributed by atoms with Crippen LogP contribution in [0.2, 0.25) is 0 Å². The largest absolute Gasteiger partial charge is 0.467 e. The van der Waals surface area contributed by atoms with Crippen molar-refractivity contribution in [3.63, 3.8) is 0 Å². The van der Waals surface area contributed by atoms with E-state index >= 15 is 0 Å². The van der Waals surface area contributed by atoms with E-state index in [0.717, 1.165) is 48.1 Å². The standard InChI is InChI=1S/C22H24N4O2S/c1-15-8-9-16-5-2-3-7-19(16)26(15)20(27)14-29-22-24-23-21(17-10-11-17)25(22)13-18-6-4-12-28-18/h2-7,12,15,17H,8-11,13-14H2,1H3. The Balaban J connectivity index is 1.34. The molecule has 1 aliphatic heterocycles. The first kappa shape index (κ1) is 18.5. The summed E-state index contributed by atoms with van der Waals surface area (Å²) in [6.45, 7) is 2.73. The van der Waals surface area contributed by atoms with E-state index in [-0.39, 0.29) is 11.9 Å². The molecule has 5 rings (SSSR count). The van der Waals surface area contributed by atoms with E-state index in [9.17, 15) is 4.79 Å². The predicted octanol–water partition coefficient (Wildman–Crippen LogP) is 4.26. The molecule has 0 radical (unpaired) electrons. The zero-order valence-corrected chi connectivity index (χ0v) is 17.3. The van der Waals surface area contributed by atoms with Crippen molar-refractivity contribution in [1.82, 2.24) is 14.8 Å². The Kier molecular flexibility index (Phi) is 4.91. The maximum atomic E-state index is 13.2. The first-order valence-corrected chi connectivity index (χ1v) is 11.2. The number of rotatable bonds is 6. The first-order valence-electron chi connectivity index (χ1n) is 10.2. The van der Waals surface area contributed by atoms with Gasteiger partial charge in [-0.2, -0.15) is 0 Å². The van der Waals surface area contributed by atoms with Gasteiger partial charge in [-0.3, -0.25) is 9.36 Å². The summed E-state index contributed by atoms with van der Waals surface area (Å²) >= 11 is 1.47. The number of fused-ring (bicyclic) bond motifs is 1. The molecule has 0 N–H and O–H groups in total. The van der Waals surface area contributed by atoms with Crippen molar-refractivity contribution in [2.24, 2.45) is 0 Å². The Morgan fingerprint density at radius 1 is 1.17 bits per heavy atom. The number of aryl methyl sites for hydroxylation is 1. The summed E-state index contributed by atoms with van der Waals surface area (Å²) < 4.78 is 7.64. The number of carbonyl (C=O) groups is 1. The van der Waals surface area contributed by atoms with Crippen LogP contribution >= 0.6 is 11.8 Å². The van der Waals surface area contributed by atoms with Crippen LogP contribution in [0.1, 0.15) is 49.3 Å². The number of furan rings is 1. The van der Waals surface area contributed by atoms with Crippen molar-refractivity contribution >= 4 is 23.4 Å². The Hall–Kier alpha value is -2.54. The second-order valence-corrected chi connectivity index (χ2v) is 8.79. The topological polar surface area (TPSA) is 64.2 Å². The molecule has 1 atom stereocenters. The zero-order valence-electron chi connectivity index (χ0n) is 16.5. The Bertz CT molecular complexity index is 1010. The minimum absolute atomic E-state index is 0.121. The van der Waals surface area contributed by atoms with Crippen LogP contribution in [0.3, 0.4) is 0 Å². The lowest BCUT2D eigenvalue weighted by Gasteiger charge is -2.35. The highest BCUT2D eigenvalue weighted by Crippen LogP contribution is 2.40. The Morgan fingerprint density at radius 3 is 2.83 bits per heavy atom. The predicted molar refractivity (Wildman–Crippen MR) is 112 cm³/mol. The second-order valence-electron chi connectivity index (χ2n) is 7.85. The van der Waals surface area contributed by atoms with Gasteiger partial charge in [-0.25, -0.2) is 0 Å². The van der Waals surface area contributed by atoms with Gasteiger partial charge in [0.25, 0.3) is 0 Å². The van der Waals surface area contributed by atoms with Gasteiger partial charge < -0.3 is 9.32 Å². The van der Waals surface area contributed by atoms with E-state index in [2.05, 4.69) is 33.8 Å². The van der Waals surface area contributed by atoms with Gasteiger partial charge >= 0.3 is 0 Å². The van der Waals surface area contributed by atoms with Crippen molar-refractivity contribution in [3.8, 4) is 0 Å². The molecule has 0 spiro atoms. The van der Waals surface area contributed by atoms with Crippen molar-refractivity contribution in [3.05, 3.63) is 59.8 Å². The molecule has 2 aromatic heterocycles. The third kappa shape index (κ3) is 3.71. The quantitative estimate of drug-likeness (QED) is 0.570. The molecular formula is C22H24N4O2S. The van der Waals surface area contributed by atoms with Crippen LogP contribution in [0.15, 0.2) is 52.2 Å². The smallest absolute Gasteiger partial charge is 0.237 e. The number of thioether (sulfide) groups is 1. The van der Waals surface area contributed by atoms with Crippen molar-refractivity contribution in [2.45, 2.75) is 56.3 Å². The monoisotopic (exact) mass is 408 g/mol. The van der Waals surface area contributed by atoms with Gasteiger partial charge in [0.2, 0.25) is 5.91 Å². The molecule has 1 aromatic carbocycles. The number of para-hydroxylation sites is 1. The lowest BCUT2D eigenvalue weighted by atomic mass is 9.97. The summed E-state index contributed by atoms with van der Waals surface area (Å²) in [5, 5.41) is 9.61. The number of benzene rings is 1. The summed E-state index contributed by atoms with van der Waals surface area (Å²) in [5.41, 5.74) is 2.30. The first-order chi connectivity index (χ1) is 14.2. The number of aromatic nitrogens is 3. The summed E-state index contributed by atoms with van der Waals surface area (Å²) in [4.78, 5) is 15.1. The normalized spacial score (nSPS) is 18.7. The third-order valence-electron chi connectivity index (χ3n) is 5.70.